The molecule has 9 heteroatoms. The average molecular weight is 395 g/mol. The predicted molar refractivity (Wildman–Crippen MR) is 99.6 cm³/mol. The zero-order valence-corrected chi connectivity index (χ0v) is 16.0. The van der Waals surface area contributed by atoms with E-state index in [1.54, 1.807) is 0 Å². The first-order chi connectivity index (χ1) is 12.9. The van der Waals surface area contributed by atoms with Crippen LogP contribution in [0.25, 0.3) is 0 Å². The van der Waals surface area contributed by atoms with Gasteiger partial charge in [0.05, 0.1) is 4.92 Å². The fourth-order valence-corrected chi connectivity index (χ4v) is 5.52. The summed E-state index contributed by atoms with van der Waals surface area (Å²) in [5, 5.41) is 14.2. The van der Waals surface area contributed by atoms with E-state index in [2.05, 4.69) is 5.32 Å². The molecule has 27 heavy (non-hydrogen) atoms. The number of para-hydroxylation sites is 1. The Kier molecular flexibility index (Phi) is 6.11. The molecule has 2 aliphatic rings. The third-order valence-electron chi connectivity index (χ3n) is 5.46. The van der Waals surface area contributed by atoms with E-state index in [4.69, 9.17) is 0 Å². The van der Waals surface area contributed by atoms with Gasteiger partial charge in [0.2, 0.25) is 15.9 Å². The van der Waals surface area contributed by atoms with Gasteiger partial charge in [-0.05, 0) is 31.7 Å². The van der Waals surface area contributed by atoms with Crippen LogP contribution in [0.3, 0.4) is 0 Å². The summed E-state index contributed by atoms with van der Waals surface area (Å²) in [6, 6.07) is 5.35. The first-order valence-electron chi connectivity index (χ1n) is 9.43. The first-order valence-corrected chi connectivity index (χ1v) is 10.9. The highest BCUT2D eigenvalue weighted by atomic mass is 32.2. The number of carbonyl (C=O) groups is 1. The minimum atomic E-state index is -3.93. The molecule has 1 saturated heterocycles. The number of nitro benzene ring substituents is 1. The Morgan fingerprint density at radius 3 is 2.33 bits per heavy atom. The fourth-order valence-electron chi connectivity index (χ4n) is 3.89. The number of nitrogens with zero attached hydrogens (tertiary/aromatic N) is 2. The van der Waals surface area contributed by atoms with Crippen molar-refractivity contribution in [2.45, 2.75) is 55.9 Å². The quantitative estimate of drug-likeness (QED) is 0.608. The van der Waals surface area contributed by atoms with Crippen LogP contribution in [0.15, 0.2) is 29.2 Å². The molecule has 1 aromatic rings. The number of benzene rings is 1. The number of hydrogen-bond acceptors (Lipinski definition) is 5. The summed E-state index contributed by atoms with van der Waals surface area (Å²) in [7, 11) is -3.93. The van der Waals surface area contributed by atoms with Crippen molar-refractivity contribution >= 4 is 21.6 Å². The van der Waals surface area contributed by atoms with Gasteiger partial charge in [-0.1, -0.05) is 31.4 Å². The minimum absolute atomic E-state index is 0.0448. The molecule has 0 radical (unpaired) electrons. The van der Waals surface area contributed by atoms with E-state index in [0.717, 1.165) is 25.7 Å². The van der Waals surface area contributed by atoms with Gasteiger partial charge in [-0.2, -0.15) is 4.31 Å². The molecule has 1 saturated carbocycles. The average Bonchev–Trinajstić information content (AvgIpc) is 2.69. The second-order valence-electron chi connectivity index (χ2n) is 7.25. The normalized spacial score (nSPS) is 20.3. The van der Waals surface area contributed by atoms with Gasteiger partial charge in [0, 0.05) is 31.1 Å². The summed E-state index contributed by atoms with van der Waals surface area (Å²) < 4.78 is 26.9. The Morgan fingerprint density at radius 2 is 1.70 bits per heavy atom. The molecule has 8 nitrogen and oxygen atoms in total. The number of rotatable bonds is 5. The number of carbonyl (C=O) groups excluding carboxylic acids is 1. The Morgan fingerprint density at radius 1 is 1.07 bits per heavy atom. The van der Waals surface area contributed by atoms with Crippen molar-refractivity contribution in [1.29, 1.82) is 0 Å². The minimum Gasteiger partial charge on any atom is -0.353 e. The van der Waals surface area contributed by atoms with Crippen molar-refractivity contribution in [2.75, 3.05) is 13.1 Å². The number of sulfonamides is 1. The molecule has 0 atom stereocenters. The highest BCUT2D eigenvalue weighted by Crippen LogP contribution is 2.29. The van der Waals surface area contributed by atoms with Crippen molar-refractivity contribution < 1.29 is 18.1 Å². The maximum atomic E-state index is 12.8. The Balaban J connectivity index is 1.61. The van der Waals surface area contributed by atoms with Crippen molar-refractivity contribution in [3.05, 3.63) is 34.4 Å². The van der Waals surface area contributed by atoms with Gasteiger partial charge in [0.1, 0.15) is 0 Å². The van der Waals surface area contributed by atoms with Crippen molar-refractivity contribution in [3.8, 4) is 0 Å². The molecule has 2 fully saturated rings. The van der Waals surface area contributed by atoms with E-state index in [9.17, 15) is 23.3 Å². The van der Waals surface area contributed by atoms with Gasteiger partial charge in [-0.25, -0.2) is 8.42 Å². The molecule has 148 valence electrons. The van der Waals surface area contributed by atoms with Gasteiger partial charge in [0.15, 0.2) is 4.90 Å². The van der Waals surface area contributed by atoms with Gasteiger partial charge >= 0.3 is 0 Å². The molecule has 1 aromatic carbocycles. The lowest BCUT2D eigenvalue weighted by atomic mass is 9.88. The zero-order valence-electron chi connectivity index (χ0n) is 15.2. The third kappa shape index (κ3) is 4.47. The van der Waals surface area contributed by atoms with Crippen molar-refractivity contribution in [1.82, 2.24) is 9.62 Å². The molecule has 1 heterocycles. The largest absolute Gasteiger partial charge is 0.353 e. The smallest absolute Gasteiger partial charge is 0.289 e. The highest BCUT2D eigenvalue weighted by Gasteiger charge is 2.34. The van der Waals surface area contributed by atoms with E-state index >= 15 is 0 Å². The predicted octanol–water partition coefficient (Wildman–Crippen LogP) is 2.44. The van der Waals surface area contributed by atoms with E-state index in [-0.39, 0.29) is 35.9 Å². The Labute approximate surface area is 159 Å². The van der Waals surface area contributed by atoms with E-state index in [0.29, 0.717) is 12.8 Å². The van der Waals surface area contributed by atoms with Gasteiger partial charge in [-0.3, -0.25) is 14.9 Å². The standard InChI is InChI=1S/C18H25N3O5S/c22-18(14-6-2-1-3-7-14)19-15-10-12-20(13-11-15)27(25,26)17-9-5-4-8-16(17)21(23)24/h4-5,8-9,14-15H,1-3,6-7,10-13H2,(H,19,22). The summed E-state index contributed by atoms with van der Waals surface area (Å²) in [4.78, 5) is 22.6. The topological polar surface area (TPSA) is 110 Å². The summed E-state index contributed by atoms with van der Waals surface area (Å²) in [6.07, 6.45) is 6.24. The van der Waals surface area contributed by atoms with Crippen LogP contribution in [0, 0.1) is 16.0 Å². The molecule has 1 aliphatic carbocycles. The van der Waals surface area contributed by atoms with Crippen LogP contribution in [0.1, 0.15) is 44.9 Å². The fraction of sp³-hybridized carbons (Fsp3) is 0.611. The van der Waals surface area contributed by atoms with E-state index in [1.165, 1.54) is 35.0 Å². The second kappa shape index (κ2) is 8.35. The van der Waals surface area contributed by atoms with Crippen LogP contribution >= 0.6 is 0 Å². The molecule has 1 aliphatic heterocycles. The van der Waals surface area contributed by atoms with Gasteiger partial charge < -0.3 is 5.32 Å². The maximum absolute atomic E-state index is 12.8. The summed E-state index contributed by atoms with van der Waals surface area (Å²) in [6.45, 7) is 0.480. The van der Waals surface area contributed by atoms with Crippen LogP contribution in [0.2, 0.25) is 0 Å². The maximum Gasteiger partial charge on any atom is 0.289 e. The Bertz CT molecular complexity index is 797. The lowest BCUT2D eigenvalue weighted by molar-refractivity contribution is -0.387. The molecular formula is C18H25N3O5S. The van der Waals surface area contributed by atoms with Crippen LogP contribution in [-0.4, -0.2) is 42.7 Å². The number of amides is 1. The summed E-state index contributed by atoms with van der Waals surface area (Å²) >= 11 is 0. The molecular weight excluding hydrogens is 370 g/mol. The second-order valence-corrected chi connectivity index (χ2v) is 9.15. The van der Waals surface area contributed by atoms with Crippen LogP contribution in [0.5, 0.6) is 0 Å². The summed E-state index contributed by atoms with van der Waals surface area (Å²) in [5.74, 6) is 0.155. The SMILES string of the molecule is O=C(NC1CCN(S(=O)(=O)c2ccccc2[N+](=O)[O-])CC1)C1CCCCC1. The lowest BCUT2D eigenvalue weighted by Crippen LogP contribution is -2.48. The van der Waals surface area contributed by atoms with Crippen LogP contribution in [0.4, 0.5) is 5.69 Å². The zero-order chi connectivity index (χ0) is 19.4. The summed E-state index contributed by atoms with van der Waals surface area (Å²) in [5.41, 5.74) is -0.412. The van der Waals surface area contributed by atoms with E-state index in [1.807, 2.05) is 0 Å². The lowest BCUT2D eigenvalue weighted by Gasteiger charge is -2.32. The monoisotopic (exact) mass is 395 g/mol. The third-order valence-corrected chi connectivity index (χ3v) is 7.40. The molecule has 0 spiro atoms. The molecule has 1 amide bonds. The highest BCUT2D eigenvalue weighted by molar-refractivity contribution is 7.89. The van der Waals surface area contributed by atoms with Gasteiger partial charge in [0.25, 0.3) is 5.69 Å². The van der Waals surface area contributed by atoms with Crippen molar-refractivity contribution in [2.24, 2.45) is 5.92 Å². The van der Waals surface area contributed by atoms with Crippen LogP contribution < -0.4 is 5.32 Å². The molecule has 0 aromatic heterocycles. The number of piperidine rings is 1. The molecule has 0 unspecified atom stereocenters. The number of nitrogens with one attached hydrogen (secondary N) is 1. The van der Waals surface area contributed by atoms with Crippen molar-refractivity contribution in [3.63, 3.8) is 0 Å². The molecule has 1 N–H and O–H groups in total. The molecule has 3 rings (SSSR count). The number of hydrogen-bond donors (Lipinski definition) is 1. The molecule has 0 bridgehead atoms. The Hall–Kier alpha value is -2.00. The van der Waals surface area contributed by atoms with Crippen LogP contribution in [-0.2, 0) is 14.8 Å². The number of nitro groups is 1. The first kappa shape index (κ1) is 19.8. The van der Waals surface area contributed by atoms with Gasteiger partial charge in [-0.15, -0.1) is 0 Å². The van der Waals surface area contributed by atoms with E-state index < -0.39 is 20.6 Å².